The maximum absolute atomic E-state index is 13.7. The van der Waals surface area contributed by atoms with Crippen molar-refractivity contribution in [3.63, 3.8) is 0 Å². The number of ether oxygens (including phenoxy) is 1. The van der Waals surface area contributed by atoms with Gasteiger partial charge in [0.2, 0.25) is 0 Å². The van der Waals surface area contributed by atoms with E-state index < -0.39 is 53.7 Å². The molecule has 2 aromatic carbocycles. The van der Waals surface area contributed by atoms with Crippen molar-refractivity contribution in [1.82, 2.24) is 5.32 Å². The van der Waals surface area contributed by atoms with Crippen molar-refractivity contribution in [3.8, 4) is 0 Å². The normalized spacial score (nSPS) is 16.2. The Morgan fingerprint density at radius 1 is 1.09 bits per heavy atom. The molecule has 3 amide bonds. The molecule has 2 aliphatic rings. The number of amides is 3. The minimum Gasteiger partial charge on any atom is -0.454 e. The Morgan fingerprint density at radius 2 is 1.82 bits per heavy atom. The summed E-state index contributed by atoms with van der Waals surface area (Å²) in [6.45, 7) is -1.26. The summed E-state index contributed by atoms with van der Waals surface area (Å²) >= 11 is 0. The molecule has 0 saturated heterocycles. The van der Waals surface area contributed by atoms with Gasteiger partial charge in [0, 0.05) is 6.07 Å². The van der Waals surface area contributed by atoms with Gasteiger partial charge in [-0.25, -0.2) is 8.78 Å². The predicted molar refractivity (Wildman–Crippen MR) is 113 cm³/mol. The average Bonchev–Trinajstić information content (AvgIpc) is 3.27. The highest BCUT2D eigenvalue weighted by atomic mass is 19.1. The third kappa shape index (κ3) is 4.28. The van der Waals surface area contributed by atoms with Gasteiger partial charge in [0.05, 0.1) is 16.9 Å². The molecule has 0 radical (unpaired) electrons. The number of carbonyl (C=O) groups is 4. The molecule has 0 unspecified atom stereocenters. The first-order valence-corrected chi connectivity index (χ1v) is 10.4. The Balaban J connectivity index is 1.40. The maximum Gasteiger partial charge on any atom is 0.325 e. The van der Waals surface area contributed by atoms with E-state index >= 15 is 0 Å². The van der Waals surface area contributed by atoms with E-state index in [-0.39, 0.29) is 5.91 Å². The minimum absolute atomic E-state index is 0.271. The van der Waals surface area contributed by atoms with Crippen LogP contribution in [-0.4, -0.2) is 42.4 Å². The van der Waals surface area contributed by atoms with Crippen LogP contribution in [0.4, 0.5) is 20.2 Å². The number of nitrogens with zero attached hydrogens (tertiary/aromatic N) is 1. The van der Waals surface area contributed by atoms with E-state index in [0.29, 0.717) is 30.3 Å². The molecule has 1 spiro atoms. The van der Waals surface area contributed by atoms with Crippen molar-refractivity contribution in [3.05, 3.63) is 59.7 Å². The molecule has 33 heavy (non-hydrogen) atoms. The second-order valence-electron chi connectivity index (χ2n) is 7.91. The smallest absolute Gasteiger partial charge is 0.325 e. The zero-order chi connectivity index (χ0) is 23.6. The lowest BCUT2D eigenvalue weighted by atomic mass is 9.90. The molecule has 1 saturated carbocycles. The van der Waals surface area contributed by atoms with Crippen LogP contribution in [0.25, 0.3) is 0 Å². The third-order valence-electron chi connectivity index (χ3n) is 5.85. The molecule has 1 aliphatic heterocycles. The number of carbonyl (C=O) groups excluding carboxylic acids is 4. The van der Waals surface area contributed by atoms with Crippen LogP contribution in [0.3, 0.4) is 0 Å². The van der Waals surface area contributed by atoms with Crippen LogP contribution in [0.15, 0.2) is 42.5 Å². The highest BCUT2D eigenvalue weighted by Gasteiger charge is 2.52. The van der Waals surface area contributed by atoms with Gasteiger partial charge in [-0.3, -0.25) is 24.1 Å². The van der Waals surface area contributed by atoms with Crippen LogP contribution in [-0.2, 0) is 19.1 Å². The molecule has 1 fully saturated rings. The van der Waals surface area contributed by atoms with E-state index in [1.54, 1.807) is 24.3 Å². The second-order valence-corrected chi connectivity index (χ2v) is 7.91. The largest absolute Gasteiger partial charge is 0.454 e. The Morgan fingerprint density at radius 3 is 2.55 bits per heavy atom. The van der Waals surface area contributed by atoms with Gasteiger partial charge < -0.3 is 15.4 Å². The number of hydrogen-bond donors (Lipinski definition) is 2. The molecular weight excluding hydrogens is 436 g/mol. The zero-order valence-corrected chi connectivity index (χ0v) is 17.5. The number of anilines is 2. The summed E-state index contributed by atoms with van der Waals surface area (Å²) in [5, 5.41) is 5.03. The summed E-state index contributed by atoms with van der Waals surface area (Å²) in [5.74, 6) is -4.60. The number of hydrogen-bond acceptors (Lipinski definition) is 5. The van der Waals surface area contributed by atoms with Crippen LogP contribution in [0.1, 0.15) is 36.0 Å². The SMILES string of the molecule is O=C(CNC(=O)c1ccc(F)cc1F)OCC(=O)N1c2ccccc2NC(=O)C12CCCC2. The van der Waals surface area contributed by atoms with Crippen molar-refractivity contribution in [2.45, 2.75) is 31.2 Å². The Bertz CT molecular complexity index is 1130. The number of rotatable bonds is 5. The summed E-state index contributed by atoms with van der Waals surface area (Å²) in [6.07, 6.45) is 2.55. The third-order valence-corrected chi connectivity index (χ3v) is 5.85. The number of halogens is 2. The highest BCUT2D eigenvalue weighted by Crippen LogP contribution is 2.45. The van der Waals surface area contributed by atoms with Crippen molar-refractivity contribution < 1.29 is 32.7 Å². The molecule has 1 heterocycles. The van der Waals surface area contributed by atoms with Gasteiger partial charge in [0.15, 0.2) is 6.61 Å². The molecule has 0 bridgehead atoms. The Kier molecular flexibility index (Phi) is 6.08. The van der Waals surface area contributed by atoms with E-state index in [1.807, 2.05) is 0 Å². The van der Waals surface area contributed by atoms with Crippen LogP contribution < -0.4 is 15.5 Å². The molecule has 172 valence electrons. The quantitative estimate of drug-likeness (QED) is 0.672. The van der Waals surface area contributed by atoms with Crippen LogP contribution in [0, 0.1) is 11.6 Å². The number of esters is 1. The monoisotopic (exact) mass is 457 g/mol. The number of nitrogens with one attached hydrogen (secondary N) is 2. The van der Waals surface area contributed by atoms with E-state index in [0.717, 1.165) is 25.0 Å². The second kappa shape index (κ2) is 8.97. The highest BCUT2D eigenvalue weighted by molar-refractivity contribution is 6.15. The van der Waals surface area contributed by atoms with Crippen molar-refractivity contribution in [2.75, 3.05) is 23.4 Å². The van der Waals surface area contributed by atoms with Gasteiger partial charge >= 0.3 is 5.97 Å². The van der Waals surface area contributed by atoms with E-state index in [1.165, 1.54) is 4.90 Å². The molecule has 0 aromatic heterocycles. The van der Waals surface area contributed by atoms with Crippen molar-refractivity contribution in [2.24, 2.45) is 0 Å². The molecule has 1 aliphatic carbocycles. The van der Waals surface area contributed by atoms with Gasteiger partial charge in [0.25, 0.3) is 17.7 Å². The first-order chi connectivity index (χ1) is 15.8. The lowest BCUT2D eigenvalue weighted by molar-refractivity contribution is -0.147. The van der Waals surface area contributed by atoms with E-state index in [4.69, 9.17) is 4.74 Å². The fourth-order valence-electron chi connectivity index (χ4n) is 4.31. The topological polar surface area (TPSA) is 105 Å². The summed E-state index contributed by atoms with van der Waals surface area (Å²) in [6, 6.07) is 9.31. The van der Waals surface area contributed by atoms with Gasteiger partial charge in [-0.1, -0.05) is 25.0 Å². The standard InChI is InChI=1S/C23H21F2N3O5/c24-14-7-8-15(16(25)11-14)21(31)26-12-20(30)33-13-19(29)28-18-6-2-1-5-17(18)27-22(32)23(28)9-3-4-10-23/h1-2,5-8,11H,3-4,9-10,12-13H2,(H,26,31)(H,27,32). The average molecular weight is 457 g/mol. The predicted octanol–water partition coefficient (Wildman–Crippen LogP) is 2.54. The summed E-state index contributed by atoms with van der Waals surface area (Å²) < 4.78 is 31.7. The van der Waals surface area contributed by atoms with E-state index in [2.05, 4.69) is 10.6 Å². The van der Waals surface area contributed by atoms with Crippen LogP contribution in [0.2, 0.25) is 0 Å². The fourth-order valence-corrected chi connectivity index (χ4v) is 4.31. The molecule has 8 nitrogen and oxygen atoms in total. The molecular formula is C23H21F2N3O5. The Hall–Kier alpha value is -3.82. The Labute approximate surface area is 187 Å². The molecule has 10 heteroatoms. The maximum atomic E-state index is 13.7. The number of benzene rings is 2. The number of fused-ring (bicyclic) bond motifs is 1. The van der Waals surface area contributed by atoms with Crippen molar-refractivity contribution >= 4 is 35.1 Å². The first kappa shape index (κ1) is 22.4. The van der Waals surface area contributed by atoms with Gasteiger partial charge in [-0.2, -0.15) is 0 Å². The van der Waals surface area contributed by atoms with E-state index in [9.17, 15) is 28.0 Å². The van der Waals surface area contributed by atoms with Crippen LogP contribution in [0.5, 0.6) is 0 Å². The van der Waals surface area contributed by atoms with Crippen LogP contribution >= 0.6 is 0 Å². The minimum atomic E-state index is -1.07. The molecule has 0 atom stereocenters. The summed E-state index contributed by atoms with van der Waals surface area (Å²) in [7, 11) is 0. The molecule has 4 rings (SSSR count). The summed E-state index contributed by atoms with van der Waals surface area (Å²) in [4.78, 5) is 51.5. The lowest BCUT2D eigenvalue weighted by Gasteiger charge is -2.44. The fraction of sp³-hybridized carbons (Fsp3) is 0.304. The van der Waals surface area contributed by atoms with Crippen molar-refractivity contribution in [1.29, 1.82) is 0 Å². The number of para-hydroxylation sites is 2. The van der Waals surface area contributed by atoms with Gasteiger partial charge in [-0.15, -0.1) is 0 Å². The molecule has 2 N–H and O–H groups in total. The molecule has 2 aromatic rings. The summed E-state index contributed by atoms with van der Waals surface area (Å²) in [5.41, 5.74) is -0.445. The first-order valence-electron chi connectivity index (χ1n) is 10.4. The van der Waals surface area contributed by atoms with Gasteiger partial charge in [-0.05, 0) is 37.1 Å². The zero-order valence-electron chi connectivity index (χ0n) is 17.5. The lowest BCUT2D eigenvalue weighted by Crippen LogP contribution is -2.61. The van der Waals surface area contributed by atoms with Gasteiger partial charge in [0.1, 0.15) is 23.7 Å².